The Labute approximate surface area is 135 Å². The number of carbonyl (C=O) groups excluding carboxylic acids is 1. The molecule has 2 heterocycles. The molecule has 6 nitrogen and oxygen atoms in total. The van der Waals surface area contributed by atoms with Crippen molar-refractivity contribution in [1.82, 2.24) is 25.0 Å². The van der Waals surface area contributed by atoms with Crippen LogP contribution in [0, 0.1) is 0 Å². The van der Waals surface area contributed by atoms with Crippen LogP contribution < -0.4 is 5.32 Å². The van der Waals surface area contributed by atoms with E-state index in [1.54, 1.807) is 11.0 Å². The molecule has 0 fully saturated rings. The van der Waals surface area contributed by atoms with E-state index in [9.17, 15) is 4.79 Å². The van der Waals surface area contributed by atoms with E-state index in [4.69, 9.17) is 0 Å². The molecular weight excluding hydrogens is 290 g/mol. The van der Waals surface area contributed by atoms with Crippen LogP contribution in [-0.2, 0) is 6.54 Å². The molecule has 0 bridgehead atoms. The van der Waals surface area contributed by atoms with Crippen LogP contribution in [0.15, 0.2) is 49.1 Å². The van der Waals surface area contributed by atoms with Crippen molar-refractivity contribution >= 4 is 11.6 Å². The standard InChI is InChI=1S/C17H21N5O/c23-17(19-9-4-10-22-14-18-13-20-22)21-11-7-16(8-12-21)15-5-2-1-3-6-15/h1-3,5-7,13-14H,4,8-12H2,(H,19,23). The molecule has 0 unspecified atom stereocenters. The van der Waals surface area contributed by atoms with E-state index in [-0.39, 0.29) is 6.03 Å². The van der Waals surface area contributed by atoms with Crippen LogP contribution in [0.3, 0.4) is 0 Å². The first-order chi connectivity index (χ1) is 11.3. The first-order valence-electron chi connectivity index (χ1n) is 7.92. The highest BCUT2D eigenvalue weighted by Crippen LogP contribution is 2.21. The molecule has 2 amide bonds. The van der Waals surface area contributed by atoms with Gasteiger partial charge in [-0.15, -0.1) is 0 Å². The van der Waals surface area contributed by atoms with Gasteiger partial charge in [-0.05, 0) is 24.0 Å². The van der Waals surface area contributed by atoms with Gasteiger partial charge in [0.05, 0.1) is 0 Å². The Morgan fingerprint density at radius 1 is 1.26 bits per heavy atom. The van der Waals surface area contributed by atoms with Crippen LogP contribution in [0.4, 0.5) is 4.79 Å². The van der Waals surface area contributed by atoms with Crippen molar-refractivity contribution in [2.75, 3.05) is 19.6 Å². The summed E-state index contributed by atoms with van der Waals surface area (Å²) in [5.74, 6) is 0. The van der Waals surface area contributed by atoms with Crippen LogP contribution in [0.2, 0.25) is 0 Å². The average Bonchev–Trinajstić information content (AvgIpc) is 3.13. The van der Waals surface area contributed by atoms with Crippen LogP contribution in [0.1, 0.15) is 18.4 Å². The third-order valence-corrected chi connectivity index (χ3v) is 3.95. The summed E-state index contributed by atoms with van der Waals surface area (Å²) in [6.45, 7) is 2.83. The van der Waals surface area contributed by atoms with Crippen LogP contribution in [0.25, 0.3) is 5.57 Å². The summed E-state index contributed by atoms with van der Waals surface area (Å²) in [6.07, 6.45) is 7.09. The number of hydrogen-bond donors (Lipinski definition) is 1. The molecule has 0 aliphatic carbocycles. The number of aromatic nitrogens is 3. The van der Waals surface area contributed by atoms with Gasteiger partial charge >= 0.3 is 6.03 Å². The zero-order valence-corrected chi connectivity index (χ0v) is 13.1. The van der Waals surface area contributed by atoms with Crippen LogP contribution in [0.5, 0.6) is 0 Å². The number of nitrogens with one attached hydrogen (secondary N) is 1. The number of aryl methyl sites for hydroxylation is 1. The number of urea groups is 1. The largest absolute Gasteiger partial charge is 0.338 e. The predicted octanol–water partition coefficient (Wildman–Crippen LogP) is 2.17. The average molecular weight is 311 g/mol. The van der Waals surface area contributed by atoms with E-state index in [1.165, 1.54) is 17.5 Å². The van der Waals surface area contributed by atoms with E-state index in [2.05, 4.69) is 33.6 Å². The maximum atomic E-state index is 12.2. The molecular formula is C17H21N5O. The normalized spacial score (nSPS) is 14.4. The second-order valence-electron chi connectivity index (χ2n) is 5.54. The summed E-state index contributed by atoms with van der Waals surface area (Å²) in [4.78, 5) is 17.9. The summed E-state index contributed by atoms with van der Waals surface area (Å²) in [7, 11) is 0. The third kappa shape index (κ3) is 4.18. The number of nitrogens with zero attached hydrogens (tertiary/aromatic N) is 4. The molecule has 2 aromatic rings. The van der Waals surface area contributed by atoms with E-state index < -0.39 is 0 Å². The van der Waals surface area contributed by atoms with Crippen molar-refractivity contribution in [3.05, 3.63) is 54.6 Å². The van der Waals surface area contributed by atoms with Gasteiger partial charge in [-0.2, -0.15) is 5.10 Å². The van der Waals surface area contributed by atoms with Gasteiger partial charge in [-0.25, -0.2) is 9.78 Å². The monoisotopic (exact) mass is 311 g/mol. The second kappa shape index (κ2) is 7.58. The van der Waals surface area contributed by atoms with E-state index in [0.29, 0.717) is 13.1 Å². The van der Waals surface area contributed by atoms with Gasteiger partial charge in [0.15, 0.2) is 0 Å². The molecule has 1 aromatic heterocycles. The van der Waals surface area contributed by atoms with Gasteiger partial charge in [0, 0.05) is 26.2 Å². The lowest BCUT2D eigenvalue weighted by molar-refractivity contribution is 0.203. The number of hydrogen-bond acceptors (Lipinski definition) is 3. The maximum absolute atomic E-state index is 12.2. The van der Waals surface area contributed by atoms with Gasteiger partial charge < -0.3 is 10.2 Å². The van der Waals surface area contributed by atoms with Gasteiger partial charge in [0.1, 0.15) is 12.7 Å². The molecule has 0 saturated heterocycles. The zero-order valence-electron chi connectivity index (χ0n) is 13.1. The highest BCUT2D eigenvalue weighted by atomic mass is 16.2. The number of amides is 2. The molecule has 120 valence electrons. The Morgan fingerprint density at radius 2 is 2.13 bits per heavy atom. The highest BCUT2D eigenvalue weighted by molar-refractivity contribution is 5.76. The summed E-state index contributed by atoms with van der Waals surface area (Å²) in [5, 5.41) is 7.00. The third-order valence-electron chi connectivity index (χ3n) is 3.95. The summed E-state index contributed by atoms with van der Waals surface area (Å²) < 4.78 is 1.77. The van der Waals surface area contributed by atoms with Crippen molar-refractivity contribution in [2.45, 2.75) is 19.4 Å². The van der Waals surface area contributed by atoms with Gasteiger partial charge in [-0.3, -0.25) is 4.68 Å². The highest BCUT2D eigenvalue weighted by Gasteiger charge is 2.17. The lowest BCUT2D eigenvalue weighted by Crippen LogP contribution is -2.42. The molecule has 1 aromatic carbocycles. The van der Waals surface area contributed by atoms with Crippen molar-refractivity contribution in [3.63, 3.8) is 0 Å². The minimum absolute atomic E-state index is 0.00644. The van der Waals surface area contributed by atoms with Crippen LogP contribution in [-0.4, -0.2) is 45.3 Å². The molecule has 0 atom stereocenters. The quantitative estimate of drug-likeness (QED) is 0.861. The molecule has 0 radical (unpaired) electrons. The predicted molar refractivity (Wildman–Crippen MR) is 88.6 cm³/mol. The molecule has 23 heavy (non-hydrogen) atoms. The Morgan fingerprint density at radius 3 is 2.83 bits per heavy atom. The minimum atomic E-state index is 0.00644. The number of carbonyl (C=O) groups is 1. The van der Waals surface area contributed by atoms with Gasteiger partial charge in [0.2, 0.25) is 0 Å². The molecule has 0 saturated carbocycles. The number of benzene rings is 1. The minimum Gasteiger partial charge on any atom is -0.338 e. The summed E-state index contributed by atoms with van der Waals surface area (Å²) in [5.41, 5.74) is 2.57. The van der Waals surface area contributed by atoms with Crippen molar-refractivity contribution < 1.29 is 4.79 Å². The Hall–Kier alpha value is -2.63. The molecule has 1 aliphatic heterocycles. The summed E-state index contributed by atoms with van der Waals surface area (Å²) in [6, 6.07) is 10.4. The lowest BCUT2D eigenvalue weighted by atomic mass is 10.00. The fourth-order valence-corrected chi connectivity index (χ4v) is 2.66. The Balaban J connectivity index is 1.42. The fourth-order valence-electron chi connectivity index (χ4n) is 2.66. The second-order valence-corrected chi connectivity index (χ2v) is 5.54. The smallest absolute Gasteiger partial charge is 0.317 e. The van der Waals surface area contributed by atoms with Crippen LogP contribution >= 0.6 is 0 Å². The number of rotatable bonds is 5. The van der Waals surface area contributed by atoms with Crippen molar-refractivity contribution in [2.24, 2.45) is 0 Å². The Bertz CT molecular complexity index is 651. The van der Waals surface area contributed by atoms with Crippen molar-refractivity contribution in [3.8, 4) is 0 Å². The first kappa shape index (κ1) is 15.3. The molecule has 1 N–H and O–H groups in total. The van der Waals surface area contributed by atoms with Gasteiger partial charge in [-0.1, -0.05) is 36.4 Å². The van der Waals surface area contributed by atoms with E-state index in [0.717, 1.165) is 25.9 Å². The molecule has 3 rings (SSSR count). The lowest BCUT2D eigenvalue weighted by Gasteiger charge is -2.27. The molecule has 1 aliphatic rings. The topological polar surface area (TPSA) is 63.1 Å². The Kier molecular flexibility index (Phi) is 5.03. The molecule has 0 spiro atoms. The van der Waals surface area contributed by atoms with Gasteiger partial charge in [0.25, 0.3) is 0 Å². The van der Waals surface area contributed by atoms with E-state index >= 15 is 0 Å². The summed E-state index contributed by atoms with van der Waals surface area (Å²) >= 11 is 0. The SMILES string of the molecule is O=C(NCCCn1cncn1)N1CC=C(c2ccccc2)CC1. The fraction of sp³-hybridized carbons (Fsp3) is 0.353. The van der Waals surface area contributed by atoms with E-state index in [1.807, 2.05) is 23.1 Å². The first-order valence-corrected chi connectivity index (χ1v) is 7.92. The van der Waals surface area contributed by atoms with Crippen molar-refractivity contribution in [1.29, 1.82) is 0 Å². The zero-order chi connectivity index (χ0) is 15.9. The molecule has 6 heteroatoms. The maximum Gasteiger partial charge on any atom is 0.317 e.